The highest BCUT2D eigenvalue weighted by Crippen LogP contribution is 2.10. The molecule has 1 radical (unpaired) electrons. The minimum atomic E-state index is 0.667. The molecule has 2 nitrogen and oxygen atoms in total. The molecule has 1 heterocycles. The molecule has 0 N–H and O–H groups in total. The number of rotatable bonds is 4. The summed E-state index contributed by atoms with van der Waals surface area (Å²) in [7, 11) is 0. The molecule has 0 aliphatic rings. The van der Waals surface area contributed by atoms with Gasteiger partial charge in [0.25, 0.3) is 0 Å². The molecule has 0 saturated heterocycles. The van der Waals surface area contributed by atoms with E-state index in [1.165, 1.54) is 5.56 Å². The van der Waals surface area contributed by atoms with Crippen LogP contribution in [0.15, 0.2) is 18.3 Å². The molecule has 0 spiro atoms. The van der Waals surface area contributed by atoms with Crippen molar-refractivity contribution in [3.05, 3.63) is 30.8 Å². The van der Waals surface area contributed by atoms with Gasteiger partial charge in [-0.25, -0.2) is 4.98 Å². The highest BCUT2D eigenvalue weighted by molar-refractivity contribution is 5.20. The van der Waals surface area contributed by atoms with Crippen molar-refractivity contribution in [2.45, 2.75) is 19.8 Å². The Morgan fingerprint density at radius 3 is 3.08 bits per heavy atom. The lowest BCUT2D eigenvalue weighted by atomic mass is 10.1. The fraction of sp³-hybridized carbons (Fsp3) is 0.400. The van der Waals surface area contributed by atoms with E-state index in [1.807, 2.05) is 19.1 Å². The molecular weight excluding hydrogens is 150 g/mol. The average molecular weight is 164 g/mol. The summed E-state index contributed by atoms with van der Waals surface area (Å²) in [6.45, 7) is 6.42. The highest BCUT2D eigenvalue weighted by Gasteiger charge is 1.95. The molecule has 0 bridgehead atoms. The Hall–Kier alpha value is -1.05. The molecule has 0 aromatic carbocycles. The van der Waals surface area contributed by atoms with Crippen molar-refractivity contribution in [1.82, 2.24) is 4.98 Å². The van der Waals surface area contributed by atoms with Crippen LogP contribution in [0.4, 0.5) is 0 Å². The van der Waals surface area contributed by atoms with Crippen LogP contribution in [0.5, 0.6) is 5.88 Å². The van der Waals surface area contributed by atoms with Gasteiger partial charge in [0, 0.05) is 12.3 Å². The predicted molar refractivity (Wildman–Crippen MR) is 49.1 cm³/mol. The van der Waals surface area contributed by atoms with Gasteiger partial charge in [0.15, 0.2) is 0 Å². The van der Waals surface area contributed by atoms with Crippen molar-refractivity contribution in [3.63, 3.8) is 0 Å². The van der Waals surface area contributed by atoms with Crippen LogP contribution in [0.3, 0.4) is 0 Å². The first-order valence-electron chi connectivity index (χ1n) is 4.23. The number of aryl methyl sites for hydroxylation is 1. The summed E-state index contributed by atoms with van der Waals surface area (Å²) < 4.78 is 5.26. The van der Waals surface area contributed by atoms with Gasteiger partial charge < -0.3 is 4.74 Å². The summed E-state index contributed by atoms with van der Waals surface area (Å²) >= 11 is 0. The van der Waals surface area contributed by atoms with E-state index in [0.717, 1.165) is 12.8 Å². The van der Waals surface area contributed by atoms with E-state index in [2.05, 4.69) is 11.9 Å². The molecule has 1 aromatic rings. The Balaban J connectivity index is 2.67. The zero-order valence-electron chi connectivity index (χ0n) is 7.42. The zero-order valence-corrected chi connectivity index (χ0v) is 7.42. The van der Waals surface area contributed by atoms with E-state index < -0.39 is 0 Å². The normalized spacial score (nSPS) is 9.83. The summed E-state index contributed by atoms with van der Waals surface area (Å²) in [5.41, 5.74) is 1.24. The standard InChI is InChI=1S/C10H14NO/c1-3-5-9-6-7-11-10(8-9)12-4-2/h6-8H,1,3-5H2,2H3. The molecule has 2 heteroatoms. The molecule has 0 fully saturated rings. The number of nitrogens with zero attached hydrogens (tertiary/aromatic N) is 1. The van der Waals surface area contributed by atoms with Crippen LogP contribution in [0.2, 0.25) is 0 Å². The van der Waals surface area contributed by atoms with Crippen molar-refractivity contribution < 1.29 is 4.74 Å². The lowest BCUT2D eigenvalue weighted by Crippen LogP contribution is -1.95. The van der Waals surface area contributed by atoms with E-state index in [1.54, 1.807) is 6.20 Å². The van der Waals surface area contributed by atoms with Gasteiger partial charge in [-0.05, 0) is 31.4 Å². The minimum absolute atomic E-state index is 0.667. The fourth-order valence-corrected chi connectivity index (χ4v) is 1.04. The lowest BCUT2D eigenvalue weighted by molar-refractivity contribution is 0.326. The molecule has 0 unspecified atom stereocenters. The van der Waals surface area contributed by atoms with Crippen LogP contribution in [0.25, 0.3) is 0 Å². The third kappa shape index (κ3) is 2.53. The SMILES string of the molecule is [CH2]CCc1ccnc(OCC)c1. The van der Waals surface area contributed by atoms with Gasteiger partial charge in [-0.3, -0.25) is 0 Å². The van der Waals surface area contributed by atoms with Crippen molar-refractivity contribution in [3.8, 4) is 5.88 Å². The van der Waals surface area contributed by atoms with Crippen molar-refractivity contribution in [1.29, 1.82) is 0 Å². The molecular formula is C10H14NO. The molecule has 0 atom stereocenters. The number of aromatic nitrogens is 1. The van der Waals surface area contributed by atoms with Gasteiger partial charge in [0.05, 0.1) is 6.61 Å². The summed E-state index contributed by atoms with van der Waals surface area (Å²) in [5, 5.41) is 0. The zero-order chi connectivity index (χ0) is 8.81. The van der Waals surface area contributed by atoms with Gasteiger partial charge in [-0.15, -0.1) is 0 Å². The summed E-state index contributed by atoms with van der Waals surface area (Å²) in [6.07, 6.45) is 3.67. The number of ether oxygens (including phenoxy) is 1. The maximum absolute atomic E-state index is 5.26. The Bertz CT molecular complexity index is 214. The Labute approximate surface area is 73.6 Å². The van der Waals surface area contributed by atoms with Crippen LogP contribution in [0.1, 0.15) is 18.9 Å². The second-order valence-corrected chi connectivity index (χ2v) is 2.54. The number of pyridine rings is 1. The predicted octanol–water partition coefficient (Wildman–Crippen LogP) is 2.25. The maximum Gasteiger partial charge on any atom is 0.213 e. The van der Waals surface area contributed by atoms with E-state index in [-0.39, 0.29) is 0 Å². The van der Waals surface area contributed by atoms with Crippen LogP contribution in [-0.4, -0.2) is 11.6 Å². The van der Waals surface area contributed by atoms with Gasteiger partial charge in [-0.2, -0.15) is 0 Å². The highest BCUT2D eigenvalue weighted by atomic mass is 16.5. The van der Waals surface area contributed by atoms with Gasteiger partial charge in [0.1, 0.15) is 0 Å². The van der Waals surface area contributed by atoms with E-state index in [4.69, 9.17) is 4.74 Å². The molecule has 65 valence electrons. The summed E-state index contributed by atoms with van der Waals surface area (Å²) in [6, 6.07) is 3.96. The fourth-order valence-electron chi connectivity index (χ4n) is 1.04. The molecule has 1 aromatic heterocycles. The smallest absolute Gasteiger partial charge is 0.213 e. The largest absolute Gasteiger partial charge is 0.478 e. The quantitative estimate of drug-likeness (QED) is 0.681. The van der Waals surface area contributed by atoms with Crippen LogP contribution < -0.4 is 4.74 Å². The summed E-state index contributed by atoms with van der Waals surface area (Å²) in [4.78, 5) is 4.07. The van der Waals surface area contributed by atoms with Crippen LogP contribution in [0, 0.1) is 6.92 Å². The Morgan fingerprint density at radius 2 is 2.42 bits per heavy atom. The second kappa shape index (κ2) is 4.75. The Kier molecular flexibility index (Phi) is 3.58. The third-order valence-corrected chi connectivity index (χ3v) is 1.56. The van der Waals surface area contributed by atoms with E-state index in [0.29, 0.717) is 12.5 Å². The lowest BCUT2D eigenvalue weighted by Gasteiger charge is -2.03. The third-order valence-electron chi connectivity index (χ3n) is 1.56. The second-order valence-electron chi connectivity index (χ2n) is 2.54. The molecule has 0 amide bonds. The average Bonchev–Trinajstić information content (AvgIpc) is 2.06. The first-order chi connectivity index (χ1) is 5.86. The monoisotopic (exact) mass is 164 g/mol. The minimum Gasteiger partial charge on any atom is -0.478 e. The van der Waals surface area contributed by atoms with E-state index >= 15 is 0 Å². The molecule has 0 aliphatic heterocycles. The molecule has 12 heavy (non-hydrogen) atoms. The van der Waals surface area contributed by atoms with Gasteiger partial charge in [0.2, 0.25) is 5.88 Å². The first-order valence-corrected chi connectivity index (χ1v) is 4.23. The van der Waals surface area contributed by atoms with Crippen molar-refractivity contribution in [2.75, 3.05) is 6.61 Å². The van der Waals surface area contributed by atoms with Crippen LogP contribution >= 0.6 is 0 Å². The maximum atomic E-state index is 5.26. The van der Waals surface area contributed by atoms with E-state index in [9.17, 15) is 0 Å². The van der Waals surface area contributed by atoms with Crippen molar-refractivity contribution in [2.24, 2.45) is 0 Å². The summed E-state index contributed by atoms with van der Waals surface area (Å²) in [5.74, 6) is 0.712. The Morgan fingerprint density at radius 1 is 1.58 bits per heavy atom. The number of hydrogen-bond donors (Lipinski definition) is 0. The first kappa shape index (κ1) is 9.04. The molecule has 0 saturated carbocycles. The van der Waals surface area contributed by atoms with Gasteiger partial charge >= 0.3 is 0 Å². The topological polar surface area (TPSA) is 22.1 Å². The molecule has 0 aliphatic carbocycles. The van der Waals surface area contributed by atoms with Crippen molar-refractivity contribution >= 4 is 0 Å². The van der Waals surface area contributed by atoms with Crippen LogP contribution in [-0.2, 0) is 6.42 Å². The number of hydrogen-bond acceptors (Lipinski definition) is 2. The van der Waals surface area contributed by atoms with Gasteiger partial charge in [-0.1, -0.05) is 6.92 Å². The molecule has 1 rings (SSSR count).